The van der Waals surface area contributed by atoms with Gasteiger partial charge in [0.05, 0.1) is 19.5 Å². The molecular weight excluding hydrogens is 236 g/mol. The van der Waals surface area contributed by atoms with Crippen LogP contribution in [0.25, 0.3) is 5.82 Å². The fraction of sp³-hybridized carbons (Fsp3) is 0.300. The van der Waals surface area contributed by atoms with Gasteiger partial charge in [0.25, 0.3) is 5.82 Å². The summed E-state index contributed by atoms with van der Waals surface area (Å²) in [5.74, 6) is 0.485. The van der Waals surface area contributed by atoms with Crippen LogP contribution in [-0.4, -0.2) is 44.4 Å². The molecule has 1 N–H and O–H groups in total. The Bertz CT molecular complexity index is 553. The summed E-state index contributed by atoms with van der Waals surface area (Å²) in [5.41, 5.74) is 0. The predicted molar refractivity (Wildman–Crippen MR) is 62.5 cm³/mol. The number of hydrogen-bond donors (Lipinski definition) is 1. The van der Waals surface area contributed by atoms with Crippen LogP contribution in [0.15, 0.2) is 18.7 Å². The summed E-state index contributed by atoms with van der Waals surface area (Å²) in [7, 11) is 1.27. The number of carbonyl (C=O) groups is 1. The van der Waals surface area contributed by atoms with Crippen molar-refractivity contribution < 1.29 is 9.53 Å². The second-order valence-corrected chi connectivity index (χ2v) is 3.30. The third kappa shape index (κ3) is 2.42. The Morgan fingerprint density at radius 3 is 3.06 bits per heavy atom. The highest BCUT2D eigenvalue weighted by molar-refractivity contribution is 5.84. The molecule has 18 heavy (non-hydrogen) atoms. The van der Waals surface area contributed by atoms with Gasteiger partial charge in [0.15, 0.2) is 5.82 Å². The number of nitrogens with zero attached hydrogens (tertiary/aromatic N) is 5. The van der Waals surface area contributed by atoms with Crippen molar-refractivity contribution in [3.63, 3.8) is 0 Å². The van der Waals surface area contributed by atoms with E-state index in [1.807, 2.05) is 6.92 Å². The van der Waals surface area contributed by atoms with E-state index in [0.29, 0.717) is 11.6 Å². The van der Waals surface area contributed by atoms with Crippen LogP contribution in [0.3, 0.4) is 0 Å². The van der Waals surface area contributed by atoms with Gasteiger partial charge in [-0.2, -0.15) is 0 Å². The van der Waals surface area contributed by atoms with Gasteiger partial charge in [0, 0.05) is 6.54 Å². The summed E-state index contributed by atoms with van der Waals surface area (Å²) in [6.07, 6.45) is 4.51. The van der Waals surface area contributed by atoms with Crippen molar-refractivity contribution in [2.45, 2.75) is 6.92 Å². The van der Waals surface area contributed by atoms with Gasteiger partial charge in [0.2, 0.25) is 0 Å². The molecule has 2 rings (SSSR count). The van der Waals surface area contributed by atoms with E-state index < -0.39 is 5.97 Å². The van der Waals surface area contributed by atoms with Gasteiger partial charge in [-0.15, -0.1) is 5.10 Å². The van der Waals surface area contributed by atoms with E-state index in [-0.39, 0.29) is 5.82 Å². The molecule has 94 valence electrons. The second kappa shape index (κ2) is 5.21. The molecule has 0 bridgehead atoms. The molecule has 2 aromatic rings. The molecule has 0 unspecified atom stereocenters. The first-order valence-electron chi connectivity index (χ1n) is 5.31. The number of ether oxygens (including phenoxy) is 1. The summed E-state index contributed by atoms with van der Waals surface area (Å²) in [6.45, 7) is 2.70. The molecule has 0 spiro atoms. The Kier molecular flexibility index (Phi) is 3.46. The number of rotatable bonds is 4. The van der Waals surface area contributed by atoms with E-state index >= 15 is 0 Å². The van der Waals surface area contributed by atoms with E-state index in [2.05, 4.69) is 30.1 Å². The van der Waals surface area contributed by atoms with Crippen LogP contribution >= 0.6 is 0 Å². The number of carbonyl (C=O) groups excluding carboxylic acids is 1. The summed E-state index contributed by atoms with van der Waals surface area (Å²) in [5, 5.41) is 6.98. The average Bonchev–Trinajstić information content (AvgIpc) is 2.88. The third-order valence-electron chi connectivity index (χ3n) is 2.07. The summed E-state index contributed by atoms with van der Waals surface area (Å²) in [4.78, 5) is 23.3. The van der Waals surface area contributed by atoms with Gasteiger partial charge >= 0.3 is 5.97 Å². The summed E-state index contributed by atoms with van der Waals surface area (Å²) < 4.78 is 5.88. The number of methoxy groups -OCH3 is 1. The van der Waals surface area contributed by atoms with E-state index in [4.69, 9.17) is 0 Å². The lowest BCUT2D eigenvalue weighted by Gasteiger charge is -2.03. The van der Waals surface area contributed by atoms with Crippen LogP contribution in [0.2, 0.25) is 0 Å². The SMILES string of the molecule is CCNc1cncc(-n2cnc(C(=O)OC)n2)n1. The van der Waals surface area contributed by atoms with Crippen LogP contribution in [0, 0.1) is 0 Å². The lowest BCUT2D eigenvalue weighted by Crippen LogP contribution is -2.07. The molecule has 0 fully saturated rings. The monoisotopic (exact) mass is 248 g/mol. The summed E-state index contributed by atoms with van der Waals surface area (Å²) in [6, 6.07) is 0. The maximum atomic E-state index is 11.2. The molecule has 0 saturated carbocycles. The number of esters is 1. The van der Waals surface area contributed by atoms with Crippen LogP contribution in [0.4, 0.5) is 5.82 Å². The fourth-order valence-corrected chi connectivity index (χ4v) is 1.29. The van der Waals surface area contributed by atoms with Gasteiger partial charge in [-0.05, 0) is 6.92 Å². The van der Waals surface area contributed by atoms with Crippen LogP contribution < -0.4 is 5.32 Å². The van der Waals surface area contributed by atoms with Crippen LogP contribution in [0.1, 0.15) is 17.5 Å². The highest BCUT2D eigenvalue weighted by Crippen LogP contribution is 2.06. The van der Waals surface area contributed by atoms with Crippen molar-refractivity contribution >= 4 is 11.8 Å². The molecule has 0 radical (unpaired) electrons. The number of aromatic nitrogens is 5. The van der Waals surface area contributed by atoms with Crippen molar-refractivity contribution in [3.8, 4) is 5.82 Å². The van der Waals surface area contributed by atoms with Crippen LogP contribution in [-0.2, 0) is 4.74 Å². The number of hydrogen-bond acceptors (Lipinski definition) is 7. The quantitative estimate of drug-likeness (QED) is 0.776. The Labute approximate surface area is 103 Å². The Balaban J connectivity index is 2.28. The molecule has 0 atom stereocenters. The maximum Gasteiger partial charge on any atom is 0.377 e. The molecule has 0 aromatic carbocycles. The molecule has 2 heterocycles. The largest absolute Gasteiger partial charge is 0.463 e. The predicted octanol–water partition coefficient (Wildman–Crippen LogP) is 0.276. The first kappa shape index (κ1) is 12.0. The van der Waals surface area contributed by atoms with E-state index in [0.717, 1.165) is 6.54 Å². The van der Waals surface area contributed by atoms with Crippen molar-refractivity contribution in [2.75, 3.05) is 19.0 Å². The van der Waals surface area contributed by atoms with Crippen molar-refractivity contribution in [1.82, 2.24) is 24.7 Å². The van der Waals surface area contributed by atoms with Gasteiger partial charge in [-0.3, -0.25) is 4.98 Å². The molecule has 8 nitrogen and oxygen atoms in total. The maximum absolute atomic E-state index is 11.2. The smallest absolute Gasteiger partial charge is 0.377 e. The van der Waals surface area contributed by atoms with Crippen LogP contribution in [0.5, 0.6) is 0 Å². The Morgan fingerprint density at radius 2 is 2.33 bits per heavy atom. The molecule has 2 aromatic heterocycles. The minimum absolute atomic E-state index is 0.0202. The normalized spacial score (nSPS) is 10.1. The van der Waals surface area contributed by atoms with E-state index in [1.165, 1.54) is 24.3 Å². The number of nitrogens with one attached hydrogen (secondary N) is 1. The minimum Gasteiger partial charge on any atom is -0.463 e. The first-order valence-corrected chi connectivity index (χ1v) is 5.31. The van der Waals surface area contributed by atoms with Gasteiger partial charge < -0.3 is 10.1 Å². The molecule has 0 aliphatic heterocycles. The van der Waals surface area contributed by atoms with Crippen molar-refractivity contribution in [3.05, 3.63) is 24.5 Å². The zero-order valence-corrected chi connectivity index (χ0v) is 9.99. The summed E-state index contributed by atoms with van der Waals surface area (Å²) >= 11 is 0. The topological polar surface area (TPSA) is 94.8 Å². The van der Waals surface area contributed by atoms with Gasteiger partial charge in [-0.1, -0.05) is 0 Å². The third-order valence-corrected chi connectivity index (χ3v) is 2.07. The molecule has 0 saturated heterocycles. The first-order chi connectivity index (χ1) is 8.74. The lowest BCUT2D eigenvalue weighted by atomic mass is 10.6. The van der Waals surface area contributed by atoms with E-state index in [9.17, 15) is 4.79 Å². The minimum atomic E-state index is -0.593. The molecule has 0 amide bonds. The lowest BCUT2D eigenvalue weighted by molar-refractivity contribution is 0.0587. The highest BCUT2D eigenvalue weighted by Gasteiger charge is 2.12. The zero-order valence-electron chi connectivity index (χ0n) is 9.99. The Hall–Kier alpha value is -2.51. The molecule has 8 heteroatoms. The zero-order chi connectivity index (χ0) is 13.0. The molecule has 0 aliphatic rings. The molecule has 0 aliphatic carbocycles. The highest BCUT2D eigenvalue weighted by atomic mass is 16.5. The van der Waals surface area contributed by atoms with Crippen molar-refractivity contribution in [1.29, 1.82) is 0 Å². The Morgan fingerprint density at radius 1 is 1.50 bits per heavy atom. The second-order valence-electron chi connectivity index (χ2n) is 3.30. The van der Waals surface area contributed by atoms with Crippen molar-refractivity contribution in [2.24, 2.45) is 0 Å². The van der Waals surface area contributed by atoms with Gasteiger partial charge in [-0.25, -0.2) is 19.4 Å². The standard InChI is InChI=1S/C10H12N6O2/c1-3-12-7-4-11-5-8(14-7)16-6-13-9(15-16)10(17)18-2/h4-6H,3H2,1-2H3,(H,12,14). The van der Waals surface area contributed by atoms with E-state index in [1.54, 1.807) is 6.20 Å². The average molecular weight is 248 g/mol. The number of anilines is 1. The van der Waals surface area contributed by atoms with Gasteiger partial charge in [0.1, 0.15) is 12.1 Å². The molecular formula is C10H12N6O2. The fourth-order valence-electron chi connectivity index (χ4n) is 1.29.